The molecule has 0 aliphatic carbocycles. The maximum absolute atomic E-state index is 12.2. The van der Waals surface area contributed by atoms with Crippen LogP contribution >= 0.6 is 0 Å². The minimum Gasteiger partial charge on any atom is -0.344 e. The molecule has 0 radical (unpaired) electrons. The van der Waals surface area contributed by atoms with Gasteiger partial charge in [0, 0.05) is 37.4 Å². The lowest BCUT2D eigenvalue weighted by Crippen LogP contribution is -2.40. The van der Waals surface area contributed by atoms with Gasteiger partial charge in [-0.1, -0.05) is 30.3 Å². The molecule has 132 valence electrons. The van der Waals surface area contributed by atoms with Crippen molar-refractivity contribution in [1.29, 1.82) is 0 Å². The molecule has 0 atom stereocenters. The number of hydrogen-bond donors (Lipinski definition) is 1. The van der Waals surface area contributed by atoms with Crippen LogP contribution in [0.3, 0.4) is 0 Å². The van der Waals surface area contributed by atoms with E-state index in [1.54, 1.807) is 25.4 Å². The Morgan fingerprint density at radius 3 is 2.38 bits per heavy atom. The Morgan fingerprint density at radius 1 is 1.08 bits per heavy atom. The van der Waals surface area contributed by atoms with Crippen molar-refractivity contribution in [1.82, 2.24) is 14.9 Å². The molecule has 3 aromatic rings. The molecule has 0 bridgehead atoms. The van der Waals surface area contributed by atoms with Gasteiger partial charge in [-0.25, -0.2) is 4.98 Å². The van der Waals surface area contributed by atoms with Crippen LogP contribution in [0.15, 0.2) is 67.0 Å². The molecule has 1 N–H and O–H groups in total. The van der Waals surface area contributed by atoms with Crippen LogP contribution in [0, 0.1) is 6.92 Å². The van der Waals surface area contributed by atoms with Crippen molar-refractivity contribution in [3.05, 3.63) is 78.4 Å². The largest absolute Gasteiger partial charge is 0.344 e. The highest BCUT2D eigenvalue weighted by Gasteiger charge is 2.19. The molecule has 26 heavy (non-hydrogen) atoms. The zero-order valence-electron chi connectivity index (χ0n) is 14.7. The normalized spacial score (nSPS) is 10.4. The van der Waals surface area contributed by atoms with E-state index in [2.05, 4.69) is 10.3 Å². The summed E-state index contributed by atoms with van der Waals surface area (Å²) < 4.78 is 1.97. The van der Waals surface area contributed by atoms with Gasteiger partial charge in [0.25, 0.3) is 0 Å². The van der Waals surface area contributed by atoms with Gasteiger partial charge in [-0.2, -0.15) is 0 Å². The molecule has 2 aromatic carbocycles. The number of aromatic nitrogens is 2. The van der Waals surface area contributed by atoms with Crippen molar-refractivity contribution < 1.29 is 9.59 Å². The Hall–Kier alpha value is -3.41. The zero-order valence-corrected chi connectivity index (χ0v) is 14.7. The topological polar surface area (TPSA) is 67.2 Å². The molecule has 6 nitrogen and oxygen atoms in total. The molecule has 0 spiro atoms. The molecular formula is C20H20N4O2. The molecule has 0 aliphatic heterocycles. The lowest BCUT2D eigenvalue weighted by Gasteiger charge is -2.16. The molecule has 0 saturated heterocycles. The van der Waals surface area contributed by atoms with E-state index in [1.165, 1.54) is 4.90 Å². The minimum absolute atomic E-state index is 0.288. The molecule has 0 saturated carbocycles. The van der Waals surface area contributed by atoms with Crippen LogP contribution in [0.2, 0.25) is 0 Å². The smallest absolute Gasteiger partial charge is 0.316 e. The Bertz CT molecular complexity index is 901. The molecule has 3 rings (SSSR count). The van der Waals surface area contributed by atoms with Crippen molar-refractivity contribution >= 4 is 17.5 Å². The second-order valence-electron chi connectivity index (χ2n) is 5.89. The van der Waals surface area contributed by atoms with Crippen molar-refractivity contribution in [2.24, 2.45) is 0 Å². The van der Waals surface area contributed by atoms with E-state index < -0.39 is 11.8 Å². The number of para-hydroxylation sites is 1. The number of rotatable bonds is 4. The highest BCUT2D eigenvalue weighted by molar-refractivity contribution is 6.40. The third-order valence-corrected chi connectivity index (χ3v) is 4.14. The van der Waals surface area contributed by atoms with Crippen LogP contribution in [0.5, 0.6) is 0 Å². The van der Waals surface area contributed by atoms with E-state index in [0.29, 0.717) is 5.69 Å². The number of imidazole rings is 1. The Labute approximate surface area is 152 Å². The third kappa shape index (κ3) is 3.80. The number of aryl methyl sites for hydroxylation is 1. The molecule has 0 aliphatic rings. The molecular weight excluding hydrogens is 328 g/mol. The number of anilines is 1. The van der Waals surface area contributed by atoms with Crippen LogP contribution in [-0.4, -0.2) is 28.4 Å². The highest BCUT2D eigenvalue weighted by atomic mass is 16.2. The van der Waals surface area contributed by atoms with Gasteiger partial charge in [0.15, 0.2) is 0 Å². The van der Waals surface area contributed by atoms with E-state index >= 15 is 0 Å². The predicted molar refractivity (Wildman–Crippen MR) is 100.0 cm³/mol. The quantitative estimate of drug-likeness (QED) is 0.737. The first-order chi connectivity index (χ1) is 12.6. The van der Waals surface area contributed by atoms with Gasteiger partial charge in [0.2, 0.25) is 0 Å². The zero-order chi connectivity index (χ0) is 18.5. The number of carbonyl (C=O) groups is 2. The Kier molecular flexibility index (Phi) is 5.12. The Morgan fingerprint density at radius 2 is 1.77 bits per heavy atom. The van der Waals surface area contributed by atoms with E-state index in [1.807, 2.05) is 60.2 Å². The van der Waals surface area contributed by atoms with Crippen LogP contribution in [0.4, 0.5) is 5.69 Å². The van der Waals surface area contributed by atoms with Crippen LogP contribution in [0.1, 0.15) is 11.4 Å². The molecule has 6 heteroatoms. The SMILES string of the molecule is Cc1nccn1-c1ccc(CNC(=O)C(=O)N(C)c2ccccc2)cc1. The average Bonchev–Trinajstić information content (AvgIpc) is 3.12. The maximum Gasteiger partial charge on any atom is 0.316 e. The maximum atomic E-state index is 12.2. The average molecular weight is 348 g/mol. The first-order valence-electron chi connectivity index (χ1n) is 8.26. The van der Waals surface area contributed by atoms with Gasteiger partial charge in [-0.05, 0) is 36.8 Å². The fourth-order valence-corrected chi connectivity index (χ4v) is 2.60. The summed E-state index contributed by atoms with van der Waals surface area (Å²) in [6.07, 6.45) is 3.64. The number of benzene rings is 2. The predicted octanol–water partition coefficient (Wildman–Crippen LogP) is 2.46. The summed E-state index contributed by atoms with van der Waals surface area (Å²) in [6.45, 7) is 2.22. The molecule has 1 heterocycles. The fraction of sp³-hybridized carbons (Fsp3) is 0.150. The van der Waals surface area contributed by atoms with Crippen LogP contribution < -0.4 is 10.2 Å². The number of carbonyl (C=O) groups excluding carboxylic acids is 2. The summed E-state index contributed by atoms with van der Waals surface area (Å²) in [4.78, 5) is 29.9. The number of nitrogens with one attached hydrogen (secondary N) is 1. The highest BCUT2D eigenvalue weighted by Crippen LogP contribution is 2.13. The summed E-state index contributed by atoms with van der Waals surface area (Å²) in [5.41, 5.74) is 2.58. The third-order valence-electron chi connectivity index (χ3n) is 4.14. The number of amides is 2. The molecule has 0 unspecified atom stereocenters. The summed E-state index contributed by atoms with van der Waals surface area (Å²) in [5, 5.41) is 2.67. The summed E-state index contributed by atoms with van der Waals surface area (Å²) in [5.74, 6) is -0.326. The number of likely N-dealkylation sites (N-methyl/N-ethyl adjacent to an activating group) is 1. The second-order valence-corrected chi connectivity index (χ2v) is 5.89. The van der Waals surface area contributed by atoms with Gasteiger partial charge in [-0.3, -0.25) is 9.59 Å². The Balaban J connectivity index is 1.59. The van der Waals surface area contributed by atoms with Crippen molar-refractivity contribution in [3.8, 4) is 5.69 Å². The van der Waals surface area contributed by atoms with E-state index in [9.17, 15) is 9.59 Å². The lowest BCUT2D eigenvalue weighted by atomic mass is 10.2. The standard InChI is InChI=1S/C20H20N4O2/c1-15-21-12-13-24(15)18-10-8-16(9-11-18)14-22-19(25)20(26)23(2)17-6-4-3-5-7-17/h3-13H,14H2,1-2H3,(H,22,25). The van der Waals surface area contributed by atoms with Crippen molar-refractivity contribution in [3.63, 3.8) is 0 Å². The first-order valence-corrected chi connectivity index (χ1v) is 8.26. The number of hydrogen-bond acceptors (Lipinski definition) is 3. The summed E-state index contributed by atoms with van der Waals surface area (Å²) in [7, 11) is 1.58. The van der Waals surface area contributed by atoms with Crippen LogP contribution in [-0.2, 0) is 16.1 Å². The lowest BCUT2D eigenvalue weighted by molar-refractivity contribution is -0.137. The number of nitrogens with zero attached hydrogens (tertiary/aromatic N) is 3. The fourth-order valence-electron chi connectivity index (χ4n) is 2.60. The van der Waals surface area contributed by atoms with Gasteiger partial charge >= 0.3 is 11.8 Å². The van der Waals surface area contributed by atoms with E-state index in [0.717, 1.165) is 17.1 Å². The van der Waals surface area contributed by atoms with Crippen LogP contribution in [0.25, 0.3) is 5.69 Å². The van der Waals surface area contributed by atoms with Gasteiger partial charge in [-0.15, -0.1) is 0 Å². The molecule has 0 fully saturated rings. The van der Waals surface area contributed by atoms with Gasteiger partial charge < -0.3 is 14.8 Å². The monoisotopic (exact) mass is 348 g/mol. The van der Waals surface area contributed by atoms with E-state index in [-0.39, 0.29) is 6.54 Å². The van der Waals surface area contributed by atoms with E-state index in [4.69, 9.17) is 0 Å². The van der Waals surface area contributed by atoms with Crippen molar-refractivity contribution in [2.75, 3.05) is 11.9 Å². The first kappa shape index (κ1) is 17.4. The van der Waals surface area contributed by atoms with Crippen molar-refractivity contribution in [2.45, 2.75) is 13.5 Å². The minimum atomic E-state index is -0.633. The van der Waals surface area contributed by atoms with Gasteiger partial charge in [0.05, 0.1) is 0 Å². The summed E-state index contributed by atoms with van der Waals surface area (Å²) >= 11 is 0. The second kappa shape index (κ2) is 7.65. The molecule has 1 aromatic heterocycles. The summed E-state index contributed by atoms with van der Waals surface area (Å²) in [6, 6.07) is 16.8. The molecule has 2 amide bonds. The van der Waals surface area contributed by atoms with Gasteiger partial charge in [0.1, 0.15) is 5.82 Å².